The fourth-order valence-corrected chi connectivity index (χ4v) is 14.0. The second-order valence-corrected chi connectivity index (χ2v) is 33.7. The summed E-state index contributed by atoms with van der Waals surface area (Å²) in [6.45, 7) is 14.2. The Bertz CT molecular complexity index is 1960. The minimum Gasteiger partial charge on any atom is -0.462 e. The third kappa shape index (κ3) is 73.0. The summed E-state index contributed by atoms with van der Waals surface area (Å²) in [7, 11) is -9.92. The van der Waals surface area contributed by atoms with E-state index < -0.39 is 97.5 Å². The van der Waals surface area contributed by atoms with Crippen molar-refractivity contribution in [3.63, 3.8) is 0 Å². The molecular weight excluding hydrogens is 1310 g/mol. The maximum absolute atomic E-state index is 13.1. The number of hydrogen-bond donors (Lipinski definition) is 3. The Balaban J connectivity index is 5.18. The van der Waals surface area contributed by atoms with Gasteiger partial charge in [-0.05, 0) is 49.4 Å². The van der Waals surface area contributed by atoms with Crippen molar-refractivity contribution in [2.75, 3.05) is 39.6 Å². The van der Waals surface area contributed by atoms with Crippen molar-refractivity contribution in [1.29, 1.82) is 0 Å². The topological polar surface area (TPSA) is 237 Å². The molecule has 0 heterocycles. The van der Waals surface area contributed by atoms with E-state index >= 15 is 0 Å². The Kier molecular flexibility index (Phi) is 68.7. The number of carbonyl (C=O) groups excluding carboxylic acids is 4. The first kappa shape index (κ1) is 98.1. The molecule has 19 heteroatoms. The number of aliphatic hydroxyl groups is 1. The van der Waals surface area contributed by atoms with Crippen LogP contribution in [0.25, 0.3) is 0 Å². The molecule has 3 N–H and O–H groups in total. The van der Waals surface area contributed by atoms with Gasteiger partial charge in [0.2, 0.25) is 0 Å². The summed E-state index contributed by atoms with van der Waals surface area (Å²) in [5.41, 5.74) is 0. The summed E-state index contributed by atoms with van der Waals surface area (Å²) < 4.78 is 68.6. The van der Waals surface area contributed by atoms with Crippen LogP contribution in [0.3, 0.4) is 0 Å². The second-order valence-electron chi connectivity index (χ2n) is 30.8. The highest BCUT2D eigenvalue weighted by molar-refractivity contribution is 7.47. The molecule has 0 aliphatic heterocycles. The first-order chi connectivity index (χ1) is 48.1. The Morgan fingerprint density at radius 3 is 0.710 bits per heavy atom. The zero-order valence-electron chi connectivity index (χ0n) is 65.8. The van der Waals surface area contributed by atoms with Gasteiger partial charge in [-0.2, -0.15) is 0 Å². The quantitative estimate of drug-likeness (QED) is 0.0222. The maximum Gasteiger partial charge on any atom is 0.472 e. The number of phosphoric acid groups is 2. The lowest BCUT2D eigenvalue weighted by Crippen LogP contribution is -2.30. The van der Waals surface area contributed by atoms with Crippen molar-refractivity contribution in [3.8, 4) is 0 Å². The van der Waals surface area contributed by atoms with Crippen LogP contribution in [-0.2, 0) is 65.4 Å². The standard InChI is InChI=1S/C81H158O17P2/c1-9-74(8)60-52-44-35-28-24-20-16-12-10-11-13-17-22-26-30-38-47-55-63-80(85)97-76(67-91-78(83)61-53-45-36-29-25-21-18-14-15-19-23-27-33-41-49-57-71(2)3)69-95-99(87,88)93-65-75(82)66-94-100(89,90)96-70-77(98-81(86)64-56-48-40-39-43-51-59-73(6)7)68-92-79(84)62-54-46-37-32-31-34-42-50-58-72(4)5/h71-77,82H,9-70H2,1-8H3,(H,87,88)(H,89,90)/t74?,75?,76-,77-/m1/s1. The van der Waals surface area contributed by atoms with E-state index in [-0.39, 0.29) is 25.7 Å². The molecule has 100 heavy (non-hydrogen) atoms. The number of hydrogen-bond acceptors (Lipinski definition) is 15. The Hall–Kier alpha value is -1.94. The Morgan fingerprint density at radius 1 is 0.280 bits per heavy atom. The molecule has 0 aliphatic rings. The molecule has 0 aliphatic carbocycles. The van der Waals surface area contributed by atoms with E-state index in [4.69, 9.17) is 37.0 Å². The third-order valence-electron chi connectivity index (χ3n) is 19.2. The summed E-state index contributed by atoms with van der Waals surface area (Å²) in [4.78, 5) is 72.9. The zero-order valence-corrected chi connectivity index (χ0v) is 67.6. The molecule has 0 amide bonds. The maximum atomic E-state index is 13.1. The van der Waals surface area contributed by atoms with Gasteiger partial charge in [0.05, 0.1) is 26.4 Å². The van der Waals surface area contributed by atoms with Gasteiger partial charge in [-0.15, -0.1) is 0 Å². The van der Waals surface area contributed by atoms with E-state index in [1.54, 1.807) is 0 Å². The van der Waals surface area contributed by atoms with E-state index in [0.717, 1.165) is 108 Å². The Morgan fingerprint density at radius 2 is 0.480 bits per heavy atom. The van der Waals surface area contributed by atoms with Crippen molar-refractivity contribution in [1.82, 2.24) is 0 Å². The number of phosphoric ester groups is 2. The minimum absolute atomic E-state index is 0.101. The molecule has 0 rings (SSSR count). The third-order valence-corrected chi connectivity index (χ3v) is 21.1. The predicted octanol–water partition coefficient (Wildman–Crippen LogP) is 24.0. The fourth-order valence-electron chi connectivity index (χ4n) is 12.4. The van der Waals surface area contributed by atoms with E-state index in [9.17, 15) is 43.2 Å². The molecule has 0 fully saturated rings. The number of aliphatic hydroxyl groups excluding tert-OH is 1. The van der Waals surface area contributed by atoms with E-state index in [0.29, 0.717) is 31.6 Å². The lowest BCUT2D eigenvalue weighted by molar-refractivity contribution is -0.161. The molecular formula is C81H158O17P2. The average Bonchev–Trinajstić information content (AvgIpc) is 0.927. The zero-order chi connectivity index (χ0) is 73.8. The van der Waals surface area contributed by atoms with Gasteiger partial charge in [0.1, 0.15) is 19.3 Å². The van der Waals surface area contributed by atoms with Crippen molar-refractivity contribution in [2.45, 2.75) is 433 Å². The lowest BCUT2D eigenvalue weighted by atomic mass is 9.99. The first-order valence-corrected chi connectivity index (χ1v) is 44.7. The van der Waals surface area contributed by atoms with Gasteiger partial charge in [-0.3, -0.25) is 37.3 Å². The fraction of sp³-hybridized carbons (Fsp3) is 0.951. The molecule has 0 radical (unpaired) electrons. The van der Waals surface area contributed by atoms with Gasteiger partial charge >= 0.3 is 39.5 Å². The first-order valence-electron chi connectivity index (χ1n) is 41.7. The van der Waals surface area contributed by atoms with Crippen LogP contribution in [-0.4, -0.2) is 96.7 Å². The van der Waals surface area contributed by atoms with Crippen molar-refractivity contribution < 1.29 is 80.2 Å². The van der Waals surface area contributed by atoms with Gasteiger partial charge in [0, 0.05) is 25.7 Å². The Labute approximate surface area is 613 Å². The van der Waals surface area contributed by atoms with Gasteiger partial charge < -0.3 is 33.8 Å². The minimum atomic E-state index is -4.96. The van der Waals surface area contributed by atoms with Crippen LogP contribution >= 0.6 is 15.6 Å². The van der Waals surface area contributed by atoms with Crippen LogP contribution in [0.4, 0.5) is 0 Å². The molecule has 0 aromatic carbocycles. The monoisotopic (exact) mass is 1470 g/mol. The van der Waals surface area contributed by atoms with Crippen LogP contribution in [0.15, 0.2) is 0 Å². The molecule has 0 saturated carbocycles. The van der Waals surface area contributed by atoms with Crippen LogP contribution in [0, 0.1) is 23.7 Å². The summed E-state index contributed by atoms with van der Waals surface area (Å²) in [5, 5.41) is 10.6. The van der Waals surface area contributed by atoms with E-state index in [1.807, 2.05) is 0 Å². The summed E-state index contributed by atoms with van der Waals surface area (Å²) in [6, 6.07) is 0. The van der Waals surface area contributed by atoms with Crippen LogP contribution in [0.5, 0.6) is 0 Å². The van der Waals surface area contributed by atoms with Crippen LogP contribution in [0.2, 0.25) is 0 Å². The van der Waals surface area contributed by atoms with Gasteiger partial charge in [0.25, 0.3) is 0 Å². The second kappa shape index (κ2) is 70.1. The number of carbonyl (C=O) groups is 4. The molecule has 4 unspecified atom stereocenters. The summed E-state index contributed by atoms with van der Waals surface area (Å²) >= 11 is 0. The van der Waals surface area contributed by atoms with E-state index in [1.165, 1.54) is 218 Å². The highest BCUT2D eigenvalue weighted by Gasteiger charge is 2.30. The largest absolute Gasteiger partial charge is 0.472 e. The number of ether oxygens (including phenoxy) is 4. The number of esters is 4. The highest BCUT2D eigenvalue weighted by Crippen LogP contribution is 2.45. The predicted molar refractivity (Wildman–Crippen MR) is 409 cm³/mol. The average molecular weight is 1470 g/mol. The van der Waals surface area contributed by atoms with Crippen LogP contribution in [0.1, 0.15) is 415 Å². The van der Waals surface area contributed by atoms with Gasteiger partial charge in [0.15, 0.2) is 12.2 Å². The lowest BCUT2D eigenvalue weighted by Gasteiger charge is -2.21. The molecule has 17 nitrogen and oxygen atoms in total. The molecule has 0 aromatic heterocycles. The van der Waals surface area contributed by atoms with Crippen molar-refractivity contribution in [2.24, 2.45) is 23.7 Å². The number of unbranched alkanes of at least 4 members (excludes halogenated alkanes) is 43. The van der Waals surface area contributed by atoms with Gasteiger partial charge in [-0.1, -0.05) is 364 Å². The summed E-state index contributed by atoms with van der Waals surface area (Å²) in [6.07, 6.45) is 57.2. The SMILES string of the molecule is CCC(C)CCCCCCCCCCCCCCCCCCCCC(=O)O[C@H](COC(=O)CCCCCCCCCCCCCCCCCC(C)C)COP(=O)(O)OCC(O)COP(=O)(O)OC[C@@H](COC(=O)CCCCCCCCCCC(C)C)OC(=O)CCCCCCCCC(C)C. The van der Waals surface area contributed by atoms with Crippen molar-refractivity contribution >= 4 is 39.5 Å². The molecule has 0 bridgehead atoms. The molecule has 0 spiro atoms. The van der Waals surface area contributed by atoms with Gasteiger partial charge in [-0.25, -0.2) is 9.13 Å². The van der Waals surface area contributed by atoms with E-state index in [2.05, 4.69) is 55.4 Å². The molecule has 0 saturated heterocycles. The summed E-state index contributed by atoms with van der Waals surface area (Å²) in [5.74, 6) is 0.953. The van der Waals surface area contributed by atoms with Crippen molar-refractivity contribution in [3.05, 3.63) is 0 Å². The van der Waals surface area contributed by atoms with Crippen LogP contribution < -0.4 is 0 Å². The molecule has 594 valence electrons. The molecule has 0 aromatic rings. The normalized spacial score (nSPS) is 14.3. The number of rotatable bonds is 78. The molecule has 6 atom stereocenters. The smallest absolute Gasteiger partial charge is 0.462 e. The highest BCUT2D eigenvalue weighted by atomic mass is 31.2.